The van der Waals surface area contributed by atoms with Gasteiger partial charge in [-0.25, -0.2) is 12.7 Å². The summed E-state index contributed by atoms with van der Waals surface area (Å²) in [4.78, 5) is 2.49. The molecule has 0 aliphatic carbocycles. The van der Waals surface area contributed by atoms with E-state index in [0.29, 0.717) is 19.0 Å². The number of rotatable bonds is 5. The van der Waals surface area contributed by atoms with E-state index in [1.807, 2.05) is 0 Å². The van der Waals surface area contributed by atoms with Crippen LogP contribution in [0, 0.1) is 11.8 Å². The normalized spacial score (nSPS) is 30.8. The molecule has 0 aromatic carbocycles. The van der Waals surface area contributed by atoms with Crippen molar-refractivity contribution in [3.63, 3.8) is 0 Å². The van der Waals surface area contributed by atoms with Crippen molar-refractivity contribution in [1.82, 2.24) is 9.21 Å². The van der Waals surface area contributed by atoms with E-state index < -0.39 is 10.0 Å². The summed E-state index contributed by atoms with van der Waals surface area (Å²) in [7, 11) is -3.01. The van der Waals surface area contributed by atoms with E-state index in [1.165, 1.54) is 12.7 Å². The summed E-state index contributed by atoms with van der Waals surface area (Å²) in [6.45, 7) is 4.74. The fourth-order valence-electron chi connectivity index (χ4n) is 3.31. The Hall–Kier alpha value is 0.160. The Bertz CT molecular complexity index is 388. The predicted octanol–water partition coefficient (Wildman–Crippen LogP) is 1.61. The van der Waals surface area contributed by atoms with Crippen molar-refractivity contribution in [3.05, 3.63) is 0 Å². The molecule has 0 N–H and O–H groups in total. The first-order chi connectivity index (χ1) is 8.99. The summed E-state index contributed by atoms with van der Waals surface area (Å²) in [5.41, 5.74) is 0. The molecule has 2 rings (SSSR count). The van der Waals surface area contributed by atoms with Crippen molar-refractivity contribution in [2.75, 3.05) is 44.9 Å². The Morgan fingerprint density at radius 3 is 2.63 bits per heavy atom. The number of hydrogen-bond donors (Lipinski definition) is 0. The summed E-state index contributed by atoms with van der Waals surface area (Å²) in [6, 6.07) is 0. The number of sulfonamides is 1. The predicted molar refractivity (Wildman–Crippen MR) is 79.0 cm³/mol. The van der Waals surface area contributed by atoms with E-state index >= 15 is 0 Å². The molecule has 0 spiro atoms. The molecule has 0 aromatic rings. The Labute approximate surface area is 122 Å². The van der Waals surface area contributed by atoms with Crippen LogP contribution in [0.15, 0.2) is 0 Å². The Morgan fingerprint density at radius 2 is 1.95 bits per heavy atom. The summed E-state index contributed by atoms with van der Waals surface area (Å²) in [5, 5.41) is 0. The highest BCUT2D eigenvalue weighted by atomic mass is 35.5. The second-order valence-electron chi connectivity index (χ2n) is 6.02. The van der Waals surface area contributed by atoms with E-state index in [9.17, 15) is 8.42 Å². The van der Waals surface area contributed by atoms with E-state index in [-0.39, 0.29) is 0 Å². The number of alkyl halides is 1. The number of hydrogen-bond acceptors (Lipinski definition) is 3. The monoisotopic (exact) mass is 308 g/mol. The zero-order valence-corrected chi connectivity index (χ0v) is 13.3. The van der Waals surface area contributed by atoms with Gasteiger partial charge in [0.05, 0.1) is 6.26 Å². The molecule has 2 saturated heterocycles. The van der Waals surface area contributed by atoms with Gasteiger partial charge in [-0.05, 0) is 44.1 Å². The van der Waals surface area contributed by atoms with Gasteiger partial charge in [0.1, 0.15) is 0 Å². The van der Waals surface area contributed by atoms with Crippen LogP contribution in [0.25, 0.3) is 0 Å². The second-order valence-corrected chi connectivity index (χ2v) is 8.38. The average molecular weight is 309 g/mol. The average Bonchev–Trinajstić information content (AvgIpc) is 2.76. The molecule has 112 valence electrons. The maximum absolute atomic E-state index is 11.6. The van der Waals surface area contributed by atoms with Gasteiger partial charge in [0.15, 0.2) is 0 Å². The summed E-state index contributed by atoms with van der Waals surface area (Å²) >= 11 is 5.80. The van der Waals surface area contributed by atoms with Crippen molar-refractivity contribution in [1.29, 1.82) is 0 Å². The molecule has 19 heavy (non-hydrogen) atoms. The van der Waals surface area contributed by atoms with Gasteiger partial charge in [-0.2, -0.15) is 0 Å². The number of piperidine rings is 1. The number of nitrogens with zero attached hydrogens (tertiary/aromatic N) is 2. The van der Waals surface area contributed by atoms with Crippen LogP contribution in [0.3, 0.4) is 0 Å². The van der Waals surface area contributed by atoms with Crippen LogP contribution in [0.2, 0.25) is 0 Å². The van der Waals surface area contributed by atoms with E-state index in [0.717, 1.165) is 50.7 Å². The van der Waals surface area contributed by atoms with Crippen LogP contribution >= 0.6 is 11.6 Å². The molecule has 2 heterocycles. The fraction of sp³-hybridized carbons (Fsp3) is 1.00. The van der Waals surface area contributed by atoms with Gasteiger partial charge in [-0.3, -0.25) is 0 Å². The Morgan fingerprint density at radius 1 is 1.16 bits per heavy atom. The lowest BCUT2D eigenvalue weighted by Gasteiger charge is -2.33. The highest BCUT2D eigenvalue weighted by molar-refractivity contribution is 7.88. The Kier molecular flexibility index (Phi) is 5.52. The third kappa shape index (κ3) is 4.59. The van der Waals surface area contributed by atoms with Crippen LogP contribution in [-0.4, -0.2) is 62.5 Å². The Balaban J connectivity index is 1.80. The molecule has 0 bridgehead atoms. The zero-order valence-electron chi connectivity index (χ0n) is 11.7. The number of halogens is 1. The lowest BCUT2D eigenvalue weighted by Crippen LogP contribution is -2.43. The van der Waals surface area contributed by atoms with E-state index in [4.69, 9.17) is 11.6 Å². The fourth-order valence-corrected chi connectivity index (χ4v) is 4.56. The van der Waals surface area contributed by atoms with Gasteiger partial charge in [0.2, 0.25) is 10.0 Å². The molecule has 2 unspecified atom stereocenters. The molecule has 2 aliphatic heterocycles. The van der Waals surface area contributed by atoms with Gasteiger partial charge >= 0.3 is 0 Å². The van der Waals surface area contributed by atoms with Crippen molar-refractivity contribution in [3.8, 4) is 0 Å². The van der Waals surface area contributed by atoms with Crippen molar-refractivity contribution >= 4 is 21.6 Å². The molecular weight excluding hydrogens is 284 g/mol. The molecule has 2 aliphatic rings. The molecule has 2 atom stereocenters. The highest BCUT2D eigenvalue weighted by Gasteiger charge is 2.29. The molecule has 0 saturated carbocycles. The molecule has 0 aromatic heterocycles. The van der Waals surface area contributed by atoms with Crippen LogP contribution in [0.4, 0.5) is 0 Å². The topological polar surface area (TPSA) is 40.6 Å². The van der Waals surface area contributed by atoms with Crippen molar-refractivity contribution in [2.24, 2.45) is 11.8 Å². The molecule has 0 radical (unpaired) electrons. The summed E-state index contributed by atoms with van der Waals surface area (Å²) in [6.07, 6.45) is 5.83. The first kappa shape index (κ1) is 15.5. The van der Waals surface area contributed by atoms with Crippen LogP contribution in [0.5, 0.6) is 0 Å². The van der Waals surface area contributed by atoms with Crippen LogP contribution in [-0.2, 0) is 10.0 Å². The standard InChI is InChI=1S/C13H25ClN2O2S/c1-19(17,18)16-7-2-3-13(11-16)10-15-8-5-12(9-15)4-6-14/h12-13H,2-11H2,1H3. The molecule has 4 nitrogen and oxygen atoms in total. The molecule has 6 heteroatoms. The van der Waals surface area contributed by atoms with Crippen LogP contribution in [0.1, 0.15) is 25.7 Å². The van der Waals surface area contributed by atoms with Gasteiger partial charge < -0.3 is 4.90 Å². The SMILES string of the molecule is CS(=O)(=O)N1CCCC(CN2CCC(CCCl)C2)C1. The summed E-state index contributed by atoms with van der Waals surface area (Å²) in [5.74, 6) is 1.99. The number of likely N-dealkylation sites (tertiary alicyclic amines) is 1. The minimum absolute atomic E-state index is 0.498. The minimum Gasteiger partial charge on any atom is -0.303 e. The summed E-state index contributed by atoms with van der Waals surface area (Å²) < 4.78 is 24.9. The first-order valence-corrected chi connectivity index (χ1v) is 9.60. The maximum atomic E-state index is 11.6. The van der Waals surface area contributed by atoms with Crippen molar-refractivity contribution in [2.45, 2.75) is 25.7 Å². The maximum Gasteiger partial charge on any atom is 0.211 e. The lowest BCUT2D eigenvalue weighted by atomic mass is 9.99. The second kappa shape index (κ2) is 6.74. The van der Waals surface area contributed by atoms with E-state index in [2.05, 4.69) is 4.90 Å². The quantitative estimate of drug-likeness (QED) is 0.725. The molecular formula is C13H25ClN2O2S. The minimum atomic E-state index is -3.01. The van der Waals surface area contributed by atoms with Crippen LogP contribution < -0.4 is 0 Å². The van der Waals surface area contributed by atoms with Gasteiger partial charge in [-0.15, -0.1) is 11.6 Å². The third-order valence-corrected chi connectivity index (χ3v) is 5.84. The first-order valence-electron chi connectivity index (χ1n) is 7.22. The zero-order chi connectivity index (χ0) is 13.9. The van der Waals surface area contributed by atoms with Gasteiger partial charge in [-0.1, -0.05) is 0 Å². The van der Waals surface area contributed by atoms with E-state index in [1.54, 1.807) is 4.31 Å². The lowest BCUT2D eigenvalue weighted by molar-refractivity contribution is 0.197. The van der Waals surface area contributed by atoms with Gasteiger partial charge in [0, 0.05) is 32.1 Å². The third-order valence-electron chi connectivity index (χ3n) is 4.35. The largest absolute Gasteiger partial charge is 0.303 e. The molecule has 0 amide bonds. The van der Waals surface area contributed by atoms with Gasteiger partial charge in [0.25, 0.3) is 0 Å². The smallest absolute Gasteiger partial charge is 0.211 e. The highest BCUT2D eigenvalue weighted by Crippen LogP contribution is 2.24. The molecule has 2 fully saturated rings. The van der Waals surface area contributed by atoms with Crippen molar-refractivity contribution < 1.29 is 8.42 Å².